The highest BCUT2D eigenvalue weighted by Crippen LogP contribution is 2.24. The third kappa shape index (κ3) is 1.89. The highest BCUT2D eigenvalue weighted by molar-refractivity contribution is 7.99. The average molecular weight is 159 g/mol. The zero-order chi connectivity index (χ0) is 7.40. The van der Waals surface area contributed by atoms with E-state index >= 15 is 0 Å². The van der Waals surface area contributed by atoms with Crippen molar-refractivity contribution in [1.29, 1.82) is 0 Å². The van der Waals surface area contributed by atoms with Crippen molar-refractivity contribution in [2.75, 3.05) is 18.8 Å². The van der Waals surface area contributed by atoms with Crippen LogP contribution in [0, 0.1) is 0 Å². The van der Waals surface area contributed by atoms with Crippen molar-refractivity contribution >= 4 is 11.8 Å². The molecule has 2 heteroatoms. The molecule has 0 aliphatic carbocycles. The molecule has 1 aliphatic heterocycles. The predicted molar refractivity (Wildman–Crippen MR) is 48.4 cm³/mol. The second kappa shape index (κ2) is 4.24. The van der Waals surface area contributed by atoms with Crippen LogP contribution in [0.2, 0.25) is 0 Å². The van der Waals surface area contributed by atoms with Gasteiger partial charge in [-0.1, -0.05) is 13.8 Å². The lowest BCUT2D eigenvalue weighted by atomic mass is 10.3. The number of hydrogen-bond donors (Lipinski definition) is 0. The van der Waals surface area contributed by atoms with Crippen LogP contribution in [0.15, 0.2) is 0 Å². The lowest BCUT2D eigenvalue weighted by Gasteiger charge is -2.33. The van der Waals surface area contributed by atoms with Gasteiger partial charge in [-0.25, -0.2) is 0 Å². The molecule has 1 saturated heterocycles. The van der Waals surface area contributed by atoms with Crippen LogP contribution in [-0.2, 0) is 0 Å². The molecule has 0 radical (unpaired) electrons. The molecule has 0 aromatic rings. The van der Waals surface area contributed by atoms with Crippen LogP contribution >= 0.6 is 11.8 Å². The fraction of sp³-hybridized carbons (Fsp3) is 1.00. The highest BCUT2D eigenvalue weighted by Gasteiger charge is 2.18. The molecule has 1 fully saturated rings. The Balaban J connectivity index is 2.34. The molecule has 0 aromatic heterocycles. The van der Waals surface area contributed by atoms with Crippen molar-refractivity contribution < 1.29 is 0 Å². The van der Waals surface area contributed by atoms with Crippen molar-refractivity contribution in [2.24, 2.45) is 0 Å². The van der Waals surface area contributed by atoms with Crippen LogP contribution in [0.4, 0.5) is 0 Å². The third-order valence-corrected chi connectivity index (χ3v) is 3.60. The molecule has 0 amide bonds. The Hall–Kier alpha value is 0.310. The van der Waals surface area contributed by atoms with E-state index in [4.69, 9.17) is 0 Å². The quantitative estimate of drug-likeness (QED) is 0.607. The van der Waals surface area contributed by atoms with Gasteiger partial charge < -0.3 is 0 Å². The second-order valence-corrected chi connectivity index (χ2v) is 4.00. The lowest BCUT2D eigenvalue weighted by Crippen LogP contribution is -2.36. The summed E-state index contributed by atoms with van der Waals surface area (Å²) >= 11 is 2.12. The van der Waals surface area contributed by atoms with Gasteiger partial charge in [0, 0.05) is 0 Å². The van der Waals surface area contributed by atoms with E-state index in [-0.39, 0.29) is 0 Å². The van der Waals surface area contributed by atoms with Crippen molar-refractivity contribution in [3.63, 3.8) is 0 Å². The topological polar surface area (TPSA) is 3.24 Å². The Morgan fingerprint density at radius 1 is 1.50 bits per heavy atom. The highest BCUT2D eigenvalue weighted by atomic mass is 32.2. The number of rotatable bonds is 2. The zero-order valence-electron chi connectivity index (χ0n) is 6.97. The van der Waals surface area contributed by atoms with Gasteiger partial charge in [-0.05, 0) is 31.7 Å². The van der Waals surface area contributed by atoms with E-state index in [1.165, 1.54) is 31.7 Å². The van der Waals surface area contributed by atoms with E-state index < -0.39 is 0 Å². The van der Waals surface area contributed by atoms with Crippen LogP contribution in [0.1, 0.15) is 26.7 Å². The first-order valence-corrected chi connectivity index (χ1v) is 5.29. The smallest absolute Gasteiger partial charge is 0.0554 e. The van der Waals surface area contributed by atoms with E-state index in [1.54, 1.807) is 0 Å². The summed E-state index contributed by atoms with van der Waals surface area (Å²) in [6.45, 7) is 7.09. The van der Waals surface area contributed by atoms with Crippen molar-refractivity contribution in [3.05, 3.63) is 0 Å². The van der Waals surface area contributed by atoms with E-state index in [0.29, 0.717) is 0 Å². The Morgan fingerprint density at radius 3 is 2.80 bits per heavy atom. The van der Waals surface area contributed by atoms with Crippen molar-refractivity contribution in [1.82, 2.24) is 4.90 Å². The van der Waals surface area contributed by atoms with E-state index in [1.807, 2.05) is 0 Å². The second-order valence-electron chi connectivity index (χ2n) is 2.72. The first kappa shape index (κ1) is 8.41. The van der Waals surface area contributed by atoms with Gasteiger partial charge in [0.05, 0.1) is 5.37 Å². The largest absolute Gasteiger partial charge is 0.292 e. The van der Waals surface area contributed by atoms with Gasteiger partial charge >= 0.3 is 0 Å². The van der Waals surface area contributed by atoms with Gasteiger partial charge in [-0.3, -0.25) is 4.90 Å². The molecule has 0 aromatic carbocycles. The Morgan fingerprint density at radius 2 is 2.30 bits per heavy atom. The standard InChI is InChI=1S/C8H17NS/c1-3-8-9(4-2)6-5-7-10-8/h8H,3-7H2,1-2H3. The van der Waals surface area contributed by atoms with Gasteiger partial charge in [-0.15, -0.1) is 11.8 Å². The van der Waals surface area contributed by atoms with Crippen molar-refractivity contribution in [3.8, 4) is 0 Å². The molecule has 0 saturated carbocycles. The summed E-state index contributed by atoms with van der Waals surface area (Å²) in [7, 11) is 0. The maximum atomic E-state index is 2.58. The van der Waals surface area contributed by atoms with Gasteiger partial charge in [0.2, 0.25) is 0 Å². The van der Waals surface area contributed by atoms with Gasteiger partial charge in [0.1, 0.15) is 0 Å². The molecule has 10 heavy (non-hydrogen) atoms. The number of nitrogens with zero attached hydrogens (tertiary/aromatic N) is 1. The molecular formula is C8H17NS. The van der Waals surface area contributed by atoms with Crippen LogP contribution in [0.5, 0.6) is 0 Å². The van der Waals surface area contributed by atoms with Crippen LogP contribution in [-0.4, -0.2) is 29.1 Å². The zero-order valence-corrected chi connectivity index (χ0v) is 7.78. The van der Waals surface area contributed by atoms with Crippen LogP contribution in [0.25, 0.3) is 0 Å². The monoisotopic (exact) mass is 159 g/mol. The summed E-state index contributed by atoms with van der Waals surface area (Å²) in [5.74, 6) is 1.37. The molecule has 0 spiro atoms. The molecule has 1 aliphatic rings. The molecule has 1 unspecified atom stereocenters. The van der Waals surface area contributed by atoms with E-state index in [9.17, 15) is 0 Å². The summed E-state index contributed by atoms with van der Waals surface area (Å²) in [6.07, 6.45) is 2.69. The fourth-order valence-electron chi connectivity index (χ4n) is 1.47. The van der Waals surface area contributed by atoms with Crippen LogP contribution in [0.3, 0.4) is 0 Å². The first-order chi connectivity index (χ1) is 4.88. The molecule has 0 N–H and O–H groups in total. The minimum absolute atomic E-state index is 0.818. The lowest BCUT2D eigenvalue weighted by molar-refractivity contribution is 0.257. The minimum Gasteiger partial charge on any atom is -0.292 e. The summed E-state index contributed by atoms with van der Waals surface area (Å²) in [6, 6.07) is 0. The number of hydrogen-bond acceptors (Lipinski definition) is 2. The molecule has 0 bridgehead atoms. The molecule has 1 atom stereocenters. The minimum atomic E-state index is 0.818. The van der Waals surface area contributed by atoms with Crippen LogP contribution < -0.4 is 0 Å². The molecule has 60 valence electrons. The normalized spacial score (nSPS) is 28.8. The maximum Gasteiger partial charge on any atom is 0.0554 e. The Bertz CT molecular complexity index is 83.3. The Kier molecular flexibility index (Phi) is 3.57. The van der Waals surface area contributed by atoms with Crippen molar-refractivity contribution in [2.45, 2.75) is 32.1 Å². The van der Waals surface area contributed by atoms with E-state index in [0.717, 1.165) is 5.37 Å². The average Bonchev–Trinajstić information content (AvgIpc) is 2.04. The first-order valence-electron chi connectivity index (χ1n) is 4.24. The molecule has 1 heterocycles. The molecular weight excluding hydrogens is 142 g/mol. The molecule has 1 rings (SSSR count). The Labute approximate surface area is 68.2 Å². The molecule has 1 nitrogen and oxygen atoms in total. The summed E-state index contributed by atoms with van der Waals surface area (Å²) in [5.41, 5.74) is 0. The predicted octanol–water partition coefficient (Wildman–Crippen LogP) is 2.18. The maximum absolute atomic E-state index is 2.58. The summed E-state index contributed by atoms with van der Waals surface area (Å²) in [5, 5.41) is 0.818. The fourth-order valence-corrected chi connectivity index (χ4v) is 2.74. The van der Waals surface area contributed by atoms with Gasteiger partial charge in [-0.2, -0.15) is 0 Å². The number of thioether (sulfide) groups is 1. The van der Waals surface area contributed by atoms with Gasteiger partial charge in [0.15, 0.2) is 0 Å². The SMILES string of the molecule is CCC1SCCCN1CC. The third-order valence-electron chi connectivity index (χ3n) is 2.06. The van der Waals surface area contributed by atoms with E-state index in [2.05, 4.69) is 30.5 Å². The summed E-state index contributed by atoms with van der Waals surface area (Å²) in [4.78, 5) is 2.58. The summed E-state index contributed by atoms with van der Waals surface area (Å²) < 4.78 is 0. The van der Waals surface area contributed by atoms with Gasteiger partial charge in [0.25, 0.3) is 0 Å².